The highest BCUT2D eigenvalue weighted by molar-refractivity contribution is 5.76. The molecule has 3 nitrogen and oxygen atoms in total. The zero-order valence-corrected chi connectivity index (χ0v) is 18.3. The molecule has 5 rings (SSSR count). The summed E-state index contributed by atoms with van der Waals surface area (Å²) in [6, 6.07) is 0. The molecule has 5 aliphatic rings. The molecule has 0 aromatic heterocycles. The molecule has 1 amide bonds. The first-order valence-electron chi connectivity index (χ1n) is 11.8. The van der Waals surface area contributed by atoms with Crippen LogP contribution in [-0.2, 0) is 4.79 Å². The van der Waals surface area contributed by atoms with Gasteiger partial charge in [-0.05, 0) is 93.0 Å². The van der Waals surface area contributed by atoms with Crippen molar-refractivity contribution >= 4 is 5.91 Å². The Morgan fingerprint density at radius 3 is 2.25 bits per heavy atom. The topological polar surface area (TPSA) is 32.3 Å². The van der Waals surface area contributed by atoms with E-state index in [4.69, 9.17) is 0 Å². The molecule has 5 fully saturated rings. The lowest BCUT2D eigenvalue weighted by Gasteiger charge is -2.56. The lowest BCUT2D eigenvalue weighted by Crippen LogP contribution is -2.49. The lowest BCUT2D eigenvalue weighted by molar-refractivity contribution is -0.129. The first-order valence-corrected chi connectivity index (χ1v) is 11.8. The van der Waals surface area contributed by atoms with Crippen LogP contribution in [-0.4, -0.2) is 43.2 Å². The van der Waals surface area contributed by atoms with Crippen LogP contribution in [0, 0.1) is 34.5 Å². The predicted molar refractivity (Wildman–Crippen MR) is 112 cm³/mol. The minimum atomic E-state index is -0.812. The molecule has 0 spiro atoms. The Labute approximate surface area is 171 Å². The van der Waals surface area contributed by atoms with Gasteiger partial charge in [0.05, 0.1) is 0 Å². The normalized spacial score (nSPS) is 40.6. The van der Waals surface area contributed by atoms with E-state index in [1.807, 2.05) is 0 Å². The number of carbonyl (C=O) groups is 1. The summed E-state index contributed by atoms with van der Waals surface area (Å²) < 4.78 is 14.7. The second kappa shape index (κ2) is 7.89. The number of carbonyl (C=O) groups excluding carboxylic acids is 1. The fourth-order valence-electron chi connectivity index (χ4n) is 7.10. The first-order chi connectivity index (χ1) is 13.2. The molecular weight excluding hydrogens is 351 g/mol. The van der Waals surface area contributed by atoms with Crippen LogP contribution < -0.4 is 5.32 Å². The number of hydrogen-bond donors (Lipinski definition) is 1. The minimum absolute atomic E-state index is 0.00815. The van der Waals surface area contributed by atoms with E-state index >= 15 is 0 Å². The molecule has 1 saturated heterocycles. The van der Waals surface area contributed by atoms with E-state index < -0.39 is 6.17 Å². The third-order valence-corrected chi connectivity index (χ3v) is 8.20. The highest BCUT2D eigenvalue weighted by Crippen LogP contribution is 2.61. The number of piperidine rings is 1. The van der Waals surface area contributed by atoms with Crippen molar-refractivity contribution < 1.29 is 9.18 Å². The molecule has 1 heterocycles. The van der Waals surface area contributed by atoms with Crippen LogP contribution in [0.5, 0.6) is 0 Å². The standard InChI is InChI=1S/C24H41FN2O/c1-23(2,3)5-7-27-6-4-20(21(25)16-27)15-26-22(28)14-24-11-17-8-18(12-24)10-19(9-17)13-24/h17-21H,4-16H2,1-3H3,(H,26,28)/t17?,18?,19?,20-,21-,24?/m0/s1. The maximum Gasteiger partial charge on any atom is 0.220 e. The van der Waals surface area contributed by atoms with Gasteiger partial charge in [-0.3, -0.25) is 4.79 Å². The zero-order valence-electron chi connectivity index (χ0n) is 18.3. The number of hydrogen-bond acceptors (Lipinski definition) is 2. The predicted octanol–water partition coefficient (Wildman–Crippen LogP) is 4.81. The third-order valence-electron chi connectivity index (χ3n) is 8.20. The summed E-state index contributed by atoms with van der Waals surface area (Å²) in [7, 11) is 0. The van der Waals surface area contributed by atoms with Gasteiger partial charge in [-0.1, -0.05) is 20.8 Å². The summed E-state index contributed by atoms with van der Waals surface area (Å²) in [6.45, 7) is 9.73. The highest BCUT2D eigenvalue weighted by atomic mass is 19.1. The Morgan fingerprint density at radius 1 is 1.11 bits per heavy atom. The Hall–Kier alpha value is -0.640. The molecular formula is C24H41FN2O. The van der Waals surface area contributed by atoms with Crippen molar-refractivity contribution in [1.29, 1.82) is 0 Å². The van der Waals surface area contributed by atoms with Crippen molar-refractivity contribution in [3.05, 3.63) is 0 Å². The van der Waals surface area contributed by atoms with E-state index in [-0.39, 0.29) is 17.2 Å². The first kappa shape index (κ1) is 20.6. The molecule has 1 N–H and O–H groups in total. The van der Waals surface area contributed by atoms with Crippen molar-refractivity contribution in [2.75, 3.05) is 26.2 Å². The van der Waals surface area contributed by atoms with E-state index in [9.17, 15) is 9.18 Å². The van der Waals surface area contributed by atoms with Crippen LogP contribution in [0.3, 0.4) is 0 Å². The summed E-state index contributed by atoms with van der Waals surface area (Å²) in [5.41, 5.74) is 0.582. The van der Waals surface area contributed by atoms with E-state index in [1.165, 1.54) is 38.5 Å². The van der Waals surface area contributed by atoms with Crippen LogP contribution in [0.4, 0.5) is 4.39 Å². The van der Waals surface area contributed by atoms with Gasteiger partial charge in [0.15, 0.2) is 0 Å². The Kier molecular flexibility index (Phi) is 5.81. The highest BCUT2D eigenvalue weighted by Gasteiger charge is 2.51. The molecule has 28 heavy (non-hydrogen) atoms. The molecule has 4 saturated carbocycles. The van der Waals surface area contributed by atoms with Crippen molar-refractivity contribution in [3.63, 3.8) is 0 Å². The number of alkyl halides is 1. The van der Waals surface area contributed by atoms with Crippen LogP contribution in [0.15, 0.2) is 0 Å². The van der Waals surface area contributed by atoms with Gasteiger partial charge < -0.3 is 10.2 Å². The van der Waals surface area contributed by atoms with E-state index in [0.29, 0.717) is 24.9 Å². The van der Waals surface area contributed by atoms with Gasteiger partial charge in [-0.2, -0.15) is 0 Å². The summed E-state index contributed by atoms with van der Waals surface area (Å²) in [4.78, 5) is 15.0. The quantitative estimate of drug-likeness (QED) is 0.704. The number of nitrogens with zero attached hydrogens (tertiary/aromatic N) is 1. The van der Waals surface area contributed by atoms with Gasteiger partial charge in [0.25, 0.3) is 0 Å². The van der Waals surface area contributed by atoms with Crippen molar-refractivity contribution in [3.8, 4) is 0 Å². The number of amides is 1. The van der Waals surface area contributed by atoms with E-state index in [2.05, 4.69) is 31.0 Å². The number of rotatable bonds is 6. The van der Waals surface area contributed by atoms with Crippen LogP contribution in [0.25, 0.3) is 0 Å². The average molecular weight is 393 g/mol. The second-order valence-electron chi connectivity index (χ2n) is 12.1. The van der Waals surface area contributed by atoms with Gasteiger partial charge in [0.1, 0.15) is 6.17 Å². The maximum absolute atomic E-state index is 14.7. The average Bonchev–Trinajstić information content (AvgIpc) is 2.57. The molecule has 0 aromatic carbocycles. The lowest BCUT2D eigenvalue weighted by atomic mass is 9.49. The Bertz CT molecular complexity index is 534. The maximum atomic E-state index is 14.7. The van der Waals surface area contributed by atoms with E-state index in [0.717, 1.165) is 43.7 Å². The van der Waals surface area contributed by atoms with Crippen molar-refractivity contribution in [1.82, 2.24) is 10.2 Å². The number of nitrogens with one attached hydrogen (secondary N) is 1. The summed E-state index contributed by atoms with van der Waals surface area (Å²) >= 11 is 0. The van der Waals surface area contributed by atoms with Gasteiger partial charge in [0, 0.05) is 25.4 Å². The second-order valence-corrected chi connectivity index (χ2v) is 12.1. The van der Waals surface area contributed by atoms with Gasteiger partial charge in [-0.15, -0.1) is 0 Å². The summed E-state index contributed by atoms with van der Waals surface area (Å²) in [6.07, 6.45) is 9.90. The smallest absolute Gasteiger partial charge is 0.220 e. The molecule has 2 atom stereocenters. The SMILES string of the molecule is CC(C)(C)CCN1CC[C@@H](CNC(=O)CC23CC4CC(CC(C4)C2)C3)[C@@H](F)C1. The number of halogens is 1. The van der Waals surface area contributed by atoms with Crippen LogP contribution >= 0.6 is 0 Å². The third kappa shape index (κ3) is 4.91. The summed E-state index contributed by atoms with van der Waals surface area (Å²) in [5, 5.41) is 3.13. The fraction of sp³-hybridized carbons (Fsp3) is 0.958. The van der Waals surface area contributed by atoms with Crippen molar-refractivity contribution in [2.45, 2.75) is 84.7 Å². The van der Waals surface area contributed by atoms with Gasteiger partial charge >= 0.3 is 0 Å². The Balaban J connectivity index is 1.20. The molecule has 1 aliphatic heterocycles. The molecule has 4 bridgehead atoms. The van der Waals surface area contributed by atoms with Crippen LogP contribution in [0.2, 0.25) is 0 Å². The van der Waals surface area contributed by atoms with E-state index in [1.54, 1.807) is 0 Å². The Morgan fingerprint density at radius 2 is 1.71 bits per heavy atom. The number of likely N-dealkylation sites (tertiary alicyclic amines) is 1. The zero-order chi connectivity index (χ0) is 19.9. The minimum Gasteiger partial charge on any atom is -0.356 e. The van der Waals surface area contributed by atoms with Crippen LogP contribution in [0.1, 0.15) is 78.6 Å². The molecule has 160 valence electrons. The molecule has 4 aliphatic carbocycles. The van der Waals surface area contributed by atoms with Crippen molar-refractivity contribution in [2.24, 2.45) is 34.5 Å². The monoisotopic (exact) mass is 392 g/mol. The van der Waals surface area contributed by atoms with Gasteiger partial charge in [0.2, 0.25) is 5.91 Å². The molecule has 0 aromatic rings. The molecule has 0 unspecified atom stereocenters. The summed E-state index contributed by atoms with van der Waals surface area (Å²) in [5.74, 6) is 2.82. The molecule has 4 heteroatoms. The van der Waals surface area contributed by atoms with Gasteiger partial charge in [-0.25, -0.2) is 4.39 Å². The molecule has 0 radical (unpaired) electrons. The largest absolute Gasteiger partial charge is 0.356 e. The fourth-order valence-corrected chi connectivity index (χ4v) is 7.10.